The van der Waals surface area contributed by atoms with Crippen LogP contribution < -0.4 is 5.32 Å². The molecule has 0 atom stereocenters. The van der Waals surface area contributed by atoms with Gasteiger partial charge in [-0.05, 0) is 11.6 Å². The maximum atomic E-state index is 11.7. The summed E-state index contributed by atoms with van der Waals surface area (Å²) in [4.78, 5) is 16.9. The maximum absolute atomic E-state index is 11.7. The first-order valence-electron chi connectivity index (χ1n) is 6.46. The molecule has 1 amide bonds. The Balaban J connectivity index is 1.95. The zero-order chi connectivity index (χ0) is 15.9. The minimum atomic E-state index is -0.0615. The number of carbonyl (C=O) groups excluding carboxylic acids is 1. The summed E-state index contributed by atoms with van der Waals surface area (Å²) in [5.41, 5.74) is 0.942. The molecular formula is C15H14Cl2N2OS2. The number of carbonyl (C=O) groups is 1. The fourth-order valence-corrected chi connectivity index (χ4v) is 3.49. The molecule has 1 heterocycles. The Bertz CT molecular complexity index is 673. The van der Waals surface area contributed by atoms with Crippen LogP contribution in [0.3, 0.4) is 0 Å². The number of amides is 1. The van der Waals surface area contributed by atoms with Crippen LogP contribution in [0.4, 0.5) is 5.13 Å². The highest BCUT2D eigenvalue weighted by molar-refractivity contribution is 8.00. The average molecular weight is 373 g/mol. The molecule has 0 saturated heterocycles. The van der Waals surface area contributed by atoms with Crippen molar-refractivity contribution in [2.24, 2.45) is 0 Å². The Labute approximate surface area is 147 Å². The third kappa shape index (κ3) is 5.02. The van der Waals surface area contributed by atoms with Crippen LogP contribution in [0.15, 0.2) is 37.1 Å². The molecule has 0 aliphatic rings. The number of nitrogens with one attached hydrogen (secondary N) is 1. The SMILES string of the molecule is C=CCSCC(=O)Nc1ncc(Cc2cccc(Cl)c2Cl)s1. The summed E-state index contributed by atoms with van der Waals surface area (Å²) in [5, 5.41) is 4.48. The summed E-state index contributed by atoms with van der Waals surface area (Å²) in [6, 6.07) is 5.55. The van der Waals surface area contributed by atoms with Gasteiger partial charge in [0.2, 0.25) is 5.91 Å². The van der Waals surface area contributed by atoms with Gasteiger partial charge in [0.25, 0.3) is 0 Å². The molecule has 116 valence electrons. The van der Waals surface area contributed by atoms with Crippen LogP contribution >= 0.6 is 46.3 Å². The monoisotopic (exact) mass is 372 g/mol. The predicted molar refractivity (Wildman–Crippen MR) is 97.5 cm³/mol. The highest BCUT2D eigenvalue weighted by Crippen LogP contribution is 2.29. The van der Waals surface area contributed by atoms with Gasteiger partial charge in [-0.25, -0.2) is 4.98 Å². The van der Waals surface area contributed by atoms with E-state index in [-0.39, 0.29) is 5.91 Å². The van der Waals surface area contributed by atoms with E-state index in [1.807, 2.05) is 12.1 Å². The topological polar surface area (TPSA) is 42.0 Å². The molecule has 0 aliphatic heterocycles. The molecule has 0 fully saturated rings. The number of thiazole rings is 1. The number of anilines is 1. The summed E-state index contributed by atoms with van der Waals surface area (Å²) in [7, 11) is 0. The van der Waals surface area contributed by atoms with Gasteiger partial charge in [0.05, 0.1) is 15.8 Å². The minimum Gasteiger partial charge on any atom is -0.301 e. The first-order chi connectivity index (χ1) is 10.6. The van der Waals surface area contributed by atoms with Crippen LogP contribution in [0, 0.1) is 0 Å². The molecule has 0 bridgehead atoms. The van der Waals surface area contributed by atoms with E-state index in [4.69, 9.17) is 23.2 Å². The molecule has 0 unspecified atom stereocenters. The number of halogens is 2. The second kappa shape index (κ2) is 8.58. The molecule has 2 aromatic rings. The van der Waals surface area contributed by atoms with Gasteiger partial charge in [-0.3, -0.25) is 4.79 Å². The van der Waals surface area contributed by atoms with Gasteiger partial charge in [-0.2, -0.15) is 0 Å². The van der Waals surface area contributed by atoms with Crippen molar-refractivity contribution in [2.45, 2.75) is 6.42 Å². The van der Waals surface area contributed by atoms with E-state index in [0.717, 1.165) is 16.2 Å². The molecule has 22 heavy (non-hydrogen) atoms. The van der Waals surface area contributed by atoms with E-state index < -0.39 is 0 Å². The Hall–Kier alpha value is -1.01. The van der Waals surface area contributed by atoms with Crippen molar-refractivity contribution in [1.82, 2.24) is 4.98 Å². The maximum Gasteiger partial charge on any atom is 0.236 e. The molecule has 7 heteroatoms. The molecule has 0 spiro atoms. The third-order valence-corrected chi connectivity index (χ3v) is 5.37. The number of nitrogens with zero attached hydrogens (tertiary/aromatic N) is 1. The summed E-state index contributed by atoms with van der Waals surface area (Å²) < 4.78 is 0. The second-order valence-corrected chi connectivity index (χ2v) is 7.30. The van der Waals surface area contributed by atoms with Gasteiger partial charge < -0.3 is 5.32 Å². The summed E-state index contributed by atoms with van der Waals surface area (Å²) in [6.07, 6.45) is 4.15. The smallest absolute Gasteiger partial charge is 0.236 e. The second-order valence-electron chi connectivity index (χ2n) is 4.37. The number of rotatable bonds is 7. The number of hydrogen-bond acceptors (Lipinski definition) is 4. The molecular weight excluding hydrogens is 359 g/mol. The summed E-state index contributed by atoms with van der Waals surface area (Å²) in [6.45, 7) is 3.61. The molecule has 1 aromatic heterocycles. The van der Waals surface area contributed by atoms with Gasteiger partial charge in [0, 0.05) is 23.2 Å². The van der Waals surface area contributed by atoms with Crippen molar-refractivity contribution in [3.05, 3.63) is 57.5 Å². The van der Waals surface area contributed by atoms with Crippen molar-refractivity contribution in [1.29, 1.82) is 0 Å². The predicted octanol–water partition coefficient (Wildman–Crippen LogP) is 4.90. The fourth-order valence-electron chi connectivity index (χ4n) is 1.71. The van der Waals surface area contributed by atoms with Gasteiger partial charge in [0.15, 0.2) is 5.13 Å². The number of aromatic nitrogens is 1. The third-order valence-electron chi connectivity index (χ3n) is 2.67. The van der Waals surface area contributed by atoms with Gasteiger partial charge in [0.1, 0.15) is 0 Å². The Morgan fingerprint density at radius 1 is 1.45 bits per heavy atom. The highest BCUT2D eigenvalue weighted by Gasteiger charge is 2.10. The summed E-state index contributed by atoms with van der Waals surface area (Å²) >= 11 is 15.1. The van der Waals surface area contributed by atoms with Crippen molar-refractivity contribution >= 4 is 57.3 Å². The Kier molecular flexibility index (Phi) is 6.76. The Morgan fingerprint density at radius 3 is 3.05 bits per heavy atom. The normalized spacial score (nSPS) is 10.5. The lowest BCUT2D eigenvalue weighted by atomic mass is 10.1. The van der Waals surface area contributed by atoms with Crippen LogP contribution in [-0.2, 0) is 11.2 Å². The quantitative estimate of drug-likeness (QED) is 0.555. The standard InChI is InChI=1S/C15H14Cl2N2OS2/c1-2-6-21-9-13(20)19-15-18-8-11(22-15)7-10-4-3-5-12(16)14(10)17/h2-5,8H,1,6-7,9H2,(H,18,19,20). The number of hydrogen-bond donors (Lipinski definition) is 1. The molecule has 0 aliphatic carbocycles. The lowest BCUT2D eigenvalue weighted by molar-refractivity contribution is -0.113. The van der Waals surface area contributed by atoms with Crippen LogP contribution in [-0.4, -0.2) is 22.4 Å². The van der Waals surface area contributed by atoms with E-state index in [2.05, 4.69) is 16.9 Å². The largest absolute Gasteiger partial charge is 0.301 e. The van der Waals surface area contributed by atoms with Crippen LogP contribution in [0.25, 0.3) is 0 Å². The first kappa shape index (κ1) is 17.3. The number of benzene rings is 1. The molecule has 1 aromatic carbocycles. The van der Waals surface area contributed by atoms with E-state index in [1.54, 1.807) is 18.3 Å². The van der Waals surface area contributed by atoms with Crippen LogP contribution in [0.2, 0.25) is 10.0 Å². The zero-order valence-electron chi connectivity index (χ0n) is 11.6. The fraction of sp³-hybridized carbons (Fsp3) is 0.200. The Morgan fingerprint density at radius 2 is 2.27 bits per heavy atom. The zero-order valence-corrected chi connectivity index (χ0v) is 14.8. The molecule has 0 radical (unpaired) electrons. The lowest BCUT2D eigenvalue weighted by Gasteiger charge is -2.03. The molecule has 0 saturated carbocycles. The van der Waals surface area contributed by atoms with E-state index in [9.17, 15) is 4.79 Å². The van der Waals surface area contributed by atoms with Crippen molar-refractivity contribution in [2.75, 3.05) is 16.8 Å². The number of thioether (sulfide) groups is 1. The van der Waals surface area contributed by atoms with Crippen molar-refractivity contribution < 1.29 is 4.79 Å². The van der Waals surface area contributed by atoms with Crippen molar-refractivity contribution in [3.63, 3.8) is 0 Å². The van der Waals surface area contributed by atoms with Gasteiger partial charge >= 0.3 is 0 Å². The van der Waals surface area contributed by atoms with E-state index in [0.29, 0.717) is 27.4 Å². The van der Waals surface area contributed by atoms with Crippen molar-refractivity contribution in [3.8, 4) is 0 Å². The van der Waals surface area contributed by atoms with E-state index in [1.165, 1.54) is 23.1 Å². The minimum absolute atomic E-state index is 0.0615. The van der Waals surface area contributed by atoms with Crippen LogP contribution in [0.1, 0.15) is 10.4 Å². The van der Waals surface area contributed by atoms with Gasteiger partial charge in [-0.1, -0.05) is 41.4 Å². The lowest BCUT2D eigenvalue weighted by Crippen LogP contribution is -2.13. The van der Waals surface area contributed by atoms with Gasteiger partial charge in [-0.15, -0.1) is 29.7 Å². The average Bonchev–Trinajstić information content (AvgIpc) is 2.91. The summed E-state index contributed by atoms with van der Waals surface area (Å²) in [5.74, 6) is 1.08. The van der Waals surface area contributed by atoms with Crippen LogP contribution in [0.5, 0.6) is 0 Å². The highest BCUT2D eigenvalue weighted by atomic mass is 35.5. The van der Waals surface area contributed by atoms with E-state index >= 15 is 0 Å². The molecule has 1 N–H and O–H groups in total. The molecule has 3 nitrogen and oxygen atoms in total. The molecule has 2 rings (SSSR count). The first-order valence-corrected chi connectivity index (χ1v) is 9.19.